The number of hydrogen-bond donors (Lipinski definition) is 0. The maximum Gasteiger partial charge on any atom is 0 e. The molecule has 0 aliphatic heterocycles. The largest absolute Gasteiger partial charge is 0.225 e. The predicted molar refractivity (Wildman–Crippen MR) is 107 cm³/mol. The van der Waals surface area contributed by atoms with E-state index in [0.29, 0.717) is 0 Å². The van der Waals surface area contributed by atoms with Gasteiger partial charge in [0.2, 0.25) is 0 Å². The zero-order valence-electron chi connectivity index (χ0n) is 16.5. The first-order chi connectivity index (χ1) is 11.7. The molecule has 0 fully saturated rings. The molecule has 1 radical (unpaired) electrons. The van der Waals surface area contributed by atoms with Gasteiger partial charge >= 0.3 is 0 Å². The summed E-state index contributed by atoms with van der Waals surface area (Å²) in [5.74, 6) is 0. The average molecular weight is 519 g/mol. The van der Waals surface area contributed by atoms with Gasteiger partial charge in [-0.1, -0.05) is 59.7 Å². The Hall–Kier alpha value is -1.43. The fourth-order valence-electron chi connectivity index (χ4n) is 4.51. The van der Waals surface area contributed by atoms with E-state index in [9.17, 15) is 0 Å². The molecule has 137 valence electrons. The van der Waals surface area contributed by atoms with Crippen LogP contribution in [-0.2, 0) is 30.9 Å². The summed E-state index contributed by atoms with van der Waals surface area (Å²) in [6.07, 6.45) is 0. The van der Waals surface area contributed by atoms with Crippen LogP contribution in [0, 0.1) is 17.5 Å². The van der Waals surface area contributed by atoms with Crippen LogP contribution in [-0.4, -0.2) is 0 Å². The Balaban J connectivity index is 0.00000196. The molecule has 0 N–H and O–H groups in total. The van der Waals surface area contributed by atoms with Gasteiger partial charge in [0.05, 0.1) is 0 Å². The second-order valence-corrected chi connectivity index (χ2v) is 8.99. The molecule has 1 aliphatic rings. The van der Waals surface area contributed by atoms with Gasteiger partial charge in [0.25, 0.3) is 0 Å². The van der Waals surface area contributed by atoms with Crippen LogP contribution < -0.4 is 0 Å². The van der Waals surface area contributed by atoms with Crippen molar-refractivity contribution in [1.82, 2.24) is 0 Å². The van der Waals surface area contributed by atoms with Crippen LogP contribution in [0.3, 0.4) is 0 Å². The summed E-state index contributed by atoms with van der Waals surface area (Å²) in [4.78, 5) is 0. The van der Waals surface area contributed by atoms with Gasteiger partial charge in [0, 0.05) is 20.1 Å². The normalized spacial score (nSPS) is 19.0. The summed E-state index contributed by atoms with van der Waals surface area (Å²) in [5.41, 5.74) is 5.61. The minimum atomic E-state index is 0. The third kappa shape index (κ3) is 2.37. The molecule has 0 saturated carbocycles. The summed E-state index contributed by atoms with van der Waals surface area (Å²) >= 11 is 0. The molecule has 3 aromatic rings. The van der Waals surface area contributed by atoms with Gasteiger partial charge in [-0.05, 0) is 16.2 Å². The molecule has 0 heterocycles. The van der Waals surface area contributed by atoms with Gasteiger partial charge in [-0.3, -0.25) is 0 Å². The van der Waals surface area contributed by atoms with Gasteiger partial charge in [0.1, 0.15) is 0 Å². The predicted octanol–water partition coefficient (Wildman–Crippen LogP) is 6.70. The van der Waals surface area contributed by atoms with E-state index in [1.807, 2.05) is 6.07 Å². The summed E-state index contributed by atoms with van der Waals surface area (Å²) in [5, 5.41) is 2.50. The minimum Gasteiger partial charge on any atom is -0.225 e. The molecule has 3 aromatic carbocycles. The molecule has 0 amide bonds. The first-order valence-electron chi connectivity index (χ1n) is 9.14. The molecule has 1 heteroatoms. The molecule has 1 aliphatic carbocycles. The van der Waals surface area contributed by atoms with Crippen molar-refractivity contribution < 1.29 is 20.1 Å². The van der Waals surface area contributed by atoms with Crippen LogP contribution in [0.1, 0.15) is 52.7 Å². The number of fused-ring (bicyclic) bond motifs is 2. The zero-order chi connectivity index (χ0) is 18.0. The molecule has 0 spiro atoms. The Labute approximate surface area is 171 Å². The fraction of sp³-hybridized carbons (Fsp3) is 0.360. The van der Waals surface area contributed by atoms with E-state index in [4.69, 9.17) is 0 Å². The van der Waals surface area contributed by atoms with Crippen molar-refractivity contribution >= 4 is 10.8 Å². The van der Waals surface area contributed by atoms with E-state index in [0.717, 1.165) is 11.1 Å². The van der Waals surface area contributed by atoms with E-state index in [1.165, 1.54) is 21.9 Å². The molecule has 4 rings (SSSR count). The Bertz CT molecular complexity index is 971. The zero-order valence-corrected chi connectivity index (χ0v) is 18.8. The van der Waals surface area contributed by atoms with E-state index in [1.54, 1.807) is 0 Å². The number of benzene rings is 3. The van der Waals surface area contributed by atoms with Crippen molar-refractivity contribution in [3.05, 3.63) is 71.8 Å². The van der Waals surface area contributed by atoms with Crippen molar-refractivity contribution in [3.8, 4) is 11.1 Å². The van der Waals surface area contributed by atoms with Crippen molar-refractivity contribution in [3.63, 3.8) is 0 Å². The summed E-state index contributed by atoms with van der Waals surface area (Å²) in [6, 6.07) is 24.3. The fourth-order valence-corrected chi connectivity index (χ4v) is 4.51. The molecule has 26 heavy (non-hydrogen) atoms. The minimum absolute atomic E-state index is 0. The van der Waals surface area contributed by atoms with Crippen molar-refractivity contribution in [2.24, 2.45) is 5.41 Å². The van der Waals surface area contributed by atoms with Gasteiger partial charge < -0.3 is 0 Å². The van der Waals surface area contributed by atoms with Crippen molar-refractivity contribution in [1.29, 1.82) is 0 Å². The van der Waals surface area contributed by atoms with Gasteiger partial charge in [-0.15, -0.1) is 34.0 Å². The topological polar surface area (TPSA) is 0 Å². The van der Waals surface area contributed by atoms with Gasteiger partial charge in [-0.25, -0.2) is 11.1 Å². The molecular formula is C25H26Ir-2. The molecule has 0 nitrogen and oxygen atoms in total. The number of hydrogen-bond acceptors (Lipinski definition) is 0. The Morgan fingerprint density at radius 3 is 2.15 bits per heavy atom. The molecule has 0 aromatic heterocycles. The third-order valence-corrected chi connectivity index (χ3v) is 7.41. The van der Waals surface area contributed by atoms with E-state index >= 15 is 0 Å². The third-order valence-electron chi connectivity index (χ3n) is 7.41. The Morgan fingerprint density at radius 2 is 1.42 bits per heavy atom. The Morgan fingerprint density at radius 1 is 0.769 bits per heavy atom. The maximum absolute atomic E-state index is 3.58. The van der Waals surface area contributed by atoms with Gasteiger partial charge in [0.15, 0.2) is 0 Å². The van der Waals surface area contributed by atoms with Crippen LogP contribution in [0.5, 0.6) is 0 Å². The average Bonchev–Trinajstić information content (AvgIpc) is 2.69. The van der Waals surface area contributed by atoms with E-state index in [2.05, 4.69) is 96.1 Å². The number of rotatable bonds is 1. The van der Waals surface area contributed by atoms with Crippen LogP contribution in [0.4, 0.5) is 0 Å². The second kappa shape index (κ2) is 6.04. The molecule has 0 atom stereocenters. The van der Waals surface area contributed by atoms with Crippen molar-refractivity contribution in [2.45, 2.75) is 52.4 Å². The molecule has 0 saturated heterocycles. The molecule has 0 bridgehead atoms. The maximum atomic E-state index is 3.58. The Kier molecular flexibility index (Phi) is 4.49. The van der Waals surface area contributed by atoms with Crippen molar-refractivity contribution in [2.75, 3.05) is 0 Å². The smallest absolute Gasteiger partial charge is 0 e. The van der Waals surface area contributed by atoms with Crippen LogP contribution in [0.25, 0.3) is 21.9 Å². The SMILES string of the molecule is CC1(C)c2c[c-]c(-c3[c-]ccc4ccccc34)cc2C(C)(C)C1(C)C.[Ir]. The second-order valence-electron chi connectivity index (χ2n) is 8.99. The first kappa shape index (κ1) is 19.3. The molecular weight excluding hydrogens is 492 g/mol. The quantitative estimate of drug-likeness (QED) is 0.315. The summed E-state index contributed by atoms with van der Waals surface area (Å²) < 4.78 is 0. The van der Waals surface area contributed by atoms with Crippen LogP contribution in [0.2, 0.25) is 0 Å². The van der Waals surface area contributed by atoms with E-state index in [-0.39, 0.29) is 36.4 Å². The summed E-state index contributed by atoms with van der Waals surface area (Å²) in [6.45, 7) is 14.3. The molecule has 0 unspecified atom stereocenters. The van der Waals surface area contributed by atoms with Gasteiger partial charge in [-0.2, -0.15) is 30.3 Å². The monoisotopic (exact) mass is 519 g/mol. The summed E-state index contributed by atoms with van der Waals surface area (Å²) in [7, 11) is 0. The standard InChI is InChI=1S/C25H26.Ir/c1-23(2)21-15-14-18(16-22(21)24(3,4)25(23,5)6)20-13-9-11-17-10-7-8-12-19(17)20;/h7-12,15-16H,1-6H3;/q-2;. The van der Waals surface area contributed by atoms with E-state index < -0.39 is 0 Å². The van der Waals surface area contributed by atoms with Crippen LogP contribution >= 0.6 is 0 Å². The first-order valence-corrected chi connectivity index (χ1v) is 9.14. The van der Waals surface area contributed by atoms with Crippen LogP contribution in [0.15, 0.2) is 48.5 Å².